The van der Waals surface area contributed by atoms with E-state index in [2.05, 4.69) is 35.4 Å². The van der Waals surface area contributed by atoms with Crippen LogP contribution in [0.2, 0.25) is 0 Å². The Morgan fingerprint density at radius 3 is 2.62 bits per heavy atom. The zero-order chi connectivity index (χ0) is 9.10. The van der Waals surface area contributed by atoms with Crippen LogP contribution in [0.15, 0.2) is 18.3 Å². The fourth-order valence-electron chi connectivity index (χ4n) is 1.63. The number of hydrogen-bond donors (Lipinski definition) is 0. The summed E-state index contributed by atoms with van der Waals surface area (Å²) in [5, 5.41) is 0. The van der Waals surface area contributed by atoms with Gasteiger partial charge in [0.15, 0.2) is 0 Å². The molecule has 0 bridgehead atoms. The van der Waals surface area contributed by atoms with Crippen LogP contribution in [0, 0.1) is 13.3 Å². The third-order valence-electron chi connectivity index (χ3n) is 2.43. The predicted molar refractivity (Wildman–Crippen MR) is 54.7 cm³/mol. The second kappa shape index (κ2) is 3.77. The number of pyridine rings is 1. The molecular weight excluding hydrogens is 160 g/mol. The topological polar surface area (TPSA) is 16.1 Å². The maximum Gasteiger partial charge on any atom is 0.128 e. The van der Waals surface area contributed by atoms with E-state index >= 15 is 0 Å². The van der Waals surface area contributed by atoms with E-state index in [0.29, 0.717) is 0 Å². The summed E-state index contributed by atoms with van der Waals surface area (Å²) in [5.74, 6) is 1.12. The molecule has 0 saturated carbocycles. The molecule has 2 nitrogen and oxygen atoms in total. The molecule has 1 aliphatic heterocycles. The maximum absolute atomic E-state index is 4.41. The Hall–Kier alpha value is -1.05. The Morgan fingerprint density at radius 2 is 2.00 bits per heavy atom. The average Bonchev–Trinajstić information content (AvgIpc) is 2.20. The Balaban J connectivity index is 2.10. The first-order chi connectivity index (χ1) is 6.36. The lowest BCUT2D eigenvalue weighted by Gasteiger charge is -2.27. The van der Waals surface area contributed by atoms with Crippen molar-refractivity contribution in [1.82, 2.24) is 4.98 Å². The van der Waals surface area contributed by atoms with Crippen LogP contribution >= 0.6 is 0 Å². The minimum Gasteiger partial charge on any atom is -0.357 e. The van der Waals surface area contributed by atoms with Gasteiger partial charge in [0.1, 0.15) is 5.82 Å². The average molecular weight is 175 g/mol. The van der Waals surface area contributed by atoms with Crippen molar-refractivity contribution in [2.24, 2.45) is 0 Å². The zero-order valence-corrected chi connectivity index (χ0v) is 8.03. The van der Waals surface area contributed by atoms with Gasteiger partial charge in [-0.15, -0.1) is 0 Å². The fourth-order valence-corrected chi connectivity index (χ4v) is 1.63. The van der Waals surface area contributed by atoms with E-state index in [0.717, 1.165) is 18.9 Å². The number of rotatable bonds is 1. The molecule has 2 heterocycles. The Kier molecular flexibility index (Phi) is 2.48. The summed E-state index contributed by atoms with van der Waals surface area (Å²) < 4.78 is 0. The number of nitrogens with zero attached hydrogens (tertiary/aromatic N) is 2. The van der Waals surface area contributed by atoms with Crippen LogP contribution in [0.1, 0.15) is 18.4 Å². The summed E-state index contributed by atoms with van der Waals surface area (Å²) in [5.41, 5.74) is 1.23. The molecule has 0 spiro atoms. The van der Waals surface area contributed by atoms with Crippen LogP contribution < -0.4 is 4.90 Å². The number of piperidine rings is 1. The Bertz CT molecular complexity index is 260. The zero-order valence-electron chi connectivity index (χ0n) is 8.03. The van der Waals surface area contributed by atoms with Crippen LogP contribution in [0.3, 0.4) is 0 Å². The first kappa shape index (κ1) is 8.54. The fraction of sp³-hybridized carbons (Fsp3) is 0.455. The quantitative estimate of drug-likeness (QED) is 0.650. The third kappa shape index (κ3) is 2.00. The Morgan fingerprint density at radius 1 is 1.23 bits per heavy atom. The van der Waals surface area contributed by atoms with Crippen molar-refractivity contribution in [2.45, 2.75) is 19.8 Å². The molecule has 1 aromatic heterocycles. The Labute approximate surface area is 79.6 Å². The minimum atomic E-state index is 1.12. The molecule has 0 aromatic carbocycles. The predicted octanol–water partition coefficient (Wildman–Crippen LogP) is 2.19. The van der Waals surface area contributed by atoms with Gasteiger partial charge >= 0.3 is 0 Å². The first-order valence-electron chi connectivity index (χ1n) is 4.85. The molecule has 2 rings (SSSR count). The number of aryl methyl sites for hydroxylation is 1. The van der Waals surface area contributed by atoms with Crippen LogP contribution in [0.25, 0.3) is 0 Å². The lowest BCUT2D eigenvalue weighted by Crippen LogP contribution is -2.30. The van der Waals surface area contributed by atoms with Gasteiger partial charge in [-0.25, -0.2) is 4.98 Å². The van der Waals surface area contributed by atoms with E-state index in [4.69, 9.17) is 0 Å². The first-order valence-corrected chi connectivity index (χ1v) is 4.85. The molecule has 0 unspecified atom stereocenters. The monoisotopic (exact) mass is 175 g/mol. The van der Waals surface area contributed by atoms with Gasteiger partial charge < -0.3 is 4.90 Å². The number of hydrogen-bond acceptors (Lipinski definition) is 2. The summed E-state index contributed by atoms with van der Waals surface area (Å²) in [6.45, 7) is 4.31. The molecule has 1 fully saturated rings. The second-order valence-electron chi connectivity index (χ2n) is 3.55. The molecule has 0 aliphatic carbocycles. The van der Waals surface area contributed by atoms with Crippen LogP contribution in [-0.2, 0) is 0 Å². The van der Waals surface area contributed by atoms with Crippen LogP contribution in [0.4, 0.5) is 5.82 Å². The van der Waals surface area contributed by atoms with Gasteiger partial charge in [-0.05, 0) is 37.8 Å². The molecule has 1 radical (unpaired) electrons. The highest BCUT2D eigenvalue weighted by molar-refractivity contribution is 5.39. The highest BCUT2D eigenvalue weighted by Crippen LogP contribution is 2.16. The molecule has 1 aromatic rings. The standard InChI is InChI=1S/C11H15N2/c1-10-5-6-11(12-9-10)13-7-3-2-4-8-13/h2,5-6,9H,3-4,7-8H2,1H3. The smallest absolute Gasteiger partial charge is 0.128 e. The summed E-state index contributed by atoms with van der Waals surface area (Å²) in [6.07, 6.45) is 6.67. The van der Waals surface area contributed by atoms with Crippen molar-refractivity contribution in [2.75, 3.05) is 18.0 Å². The maximum atomic E-state index is 4.41. The summed E-state index contributed by atoms with van der Waals surface area (Å²) >= 11 is 0. The van der Waals surface area contributed by atoms with Crippen LogP contribution in [-0.4, -0.2) is 18.1 Å². The normalized spacial score (nSPS) is 17.5. The summed E-state index contributed by atoms with van der Waals surface area (Å²) in [6, 6.07) is 4.24. The van der Waals surface area contributed by atoms with Gasteiger partial charge in [0.2, 0.25) is 0 Å². The van der Waals surface area contributed by atoms with Gasteiger partial charge in [0.05, 0.1) is 0 Å². The minimum absolute atomic E-state index is 1.12. The highest BCUT2D eigenvalue weighted by atomic mass is 15.2. The molecule has 0 atom stereocenters. The van der Waals surface area contributed by atoms with E-state index < -0.39 is 0 Å². The summed E-state index contributed by atoms with van der Waals surface area (Å²) in [4.78, 5) is 6.76. The van der Waals surface area contributed by atoms with E-state index in [1.807, 2.05) is 6.20 Å². The molecule has 13 heavy (non-hydrogen) atoms. The van der Waals surface area contributed by atoms with Gasteiger partial charge in [-0.3, -0.25) is 0 Å². The largest absolute Gasteiger partial charge is 0.357 e. The van der Waals surface area contributed by atoms with Crippen molar-refractivity contribution in [3.63, 3.8) is 0 Å². The highest BCUT2D eigenvalue weighted by Gasteiger charge is 2.10. The second-order valence-corrected chi connectivity index (χ2v) is 3.55. The van der Waals surface area contributed by atoms with E-state index in [9.17, 15) is 0 Å². The number of aromatic nitrogens is 1. The van der Waals surface area contributed by atoms with Crippen molar-refractivity contribution in [3.05, 3.63) is 30.3 Å². The molecule has 69 valence electrons. The van der Waals surface area contributed by atoms with Crippen LogP contribution in [0.5, 0.6) is 0 Å². The van der Waals surface area contributed by atoms with Crippen molar-refractivity contribution >= 4 is 5.82 Å². The van der Waals surface area contributed by atoms with Crippen molar-refractivity contribution in [1.29, 1.82) is 0 Å². The molecule has 1 aliphatic rings. The van der Waals surface area contributed by atoms with Crippen molar-refractivity contribution in [3.8, 4) is 0 Å². The molecule has 0 amide bonds. The third-order valence-corrected chi connectivity index (χ3v) is 2.43. The van der Waals surface area contributed by atoms with E-state index in [-0.39, 0.29) is 0 Å². The molecular formula is C11H15N2. The van der Waals surface area contributed by atoms with Gasteiger partial charge in [0, 0.05) is 19.3 Å². The van der Waals surface area contributed by atoms with Gasteiger partial charge in [-0.1, -0.05) is 6.07 Å². The molecule has 2 heteroatoms. The summed E-state index contributed by atoms with van der Waals surface area (Å²) in [7, 11) is 0. The SMILES string of the molecule is Cc1ccc(N2CC[CH]CC2)nc1. The molecule has 0 N–H and O–H groups in total. The lowest BCUT2D eigenvalue weighted by atomic mass is 10.1. The number of anilines is 1. The van der Waals surface area contributed by atoms with Crippen molar-refractivity contribution < 1.29 is 0 Å². The van der Waals surface area contributed by atoms with E-state index in [1.54, 1.807) is 0 Å². The van der Waals surface area contributed by atoms with Gasteiger partial charge in [0.25, 0.3) is 0 Å². The lowest BCUT2D eigenvalue weighted by molar-refractivity contribution is 0.671. The van der Waals surface area contributed by atoms with E-state index in [1.165, 1.54) is 18.4 Å². The molecule has 1 saturated heterocycles. The van der Waals surface area contributed by atoms with Gasteiger partial charge in [-0.2, -0.15) is 0 Å².